The van der Waals surface area contributed by atoms with Crippen LogP contribution < -0.4 is 10.1 Å². The highest BCUT2D eigenvalue weighted by Gasteiger charge is 2.08. The molecule has 0 saturated heterocycles. The Bertz CT molecular complexity index is 897. The van der Waals surface area contributed by atoms with Crippen LogP contribution in [0, 0.1) is 0 Å². The molecule has 3 aromatic carbocycles. The molecule has 0 unspecified atom stereocenters. The Kier molecular flexibility index (Phi) is 6.55. The van der Waals surface area contributed by atoms with E-state index in [1.807, 2.05) is 42.5 Å². The summed E-state index contributed by atoms with van der Waals surface area (Å²) in [6, 6.07) is 18.4. The van der Waals surface area contributed by atoms with Crippen molar-refractivity contribution in [2.45, 2.75) is 13.2 Å². The first-order valence-corrected chi connectivity index (χ1v) is 9.37. The average molecular weight is 427 g/mol. The largest absolute Gasteiger partial charge is 0.489 e. The molecule has 134 valence electrons. The number of anilines is 1. The summed E-state index contributed by atoms with van der Waals surface area (Å²) in [4.78, 5) is 0. The second-order valence-electron chi connectivity index (χ2n) is 5.64. The average Bonchev–Trinajstić information content (AvgIpc) is 2.61. The van der Waals surface area contributed by atoms with Crippen molar-refractivity contribution in [3.05, 3.63) is 91.9 Å². The lowest BCUT2D eigenvalue weighted by molar-refractivity contribution is 0.303. The summed E-state index contributed by atoms with van der Waals surface area (Å²) in [6.07, 6.45) is 0. The highest BCUT2D eigenvalue weighted by molar-refractivity contribution is 6.36. The van der Waals surface area contributed by atoms with Crippen LogP contribution in [0.3, 0.4) is 0 Å². The van der Waals surface area contributed by atoms with Gasteiger partial charge in [0.15, 0.2) is 0 Å². The lowest BCUT2D eigenvalue weighted by atomic mass is 10.2. The van der Waals surface area contributed by atoms with Crippen molar-refractivity contribution in [3.8, 4) is 5.75 Å². The zero-order valence-corrected chi connectivity index (χ0v) is 16.6. The Hall–Kier alpha value is -1.58. The molecule has 0 aromatic heterocycles. The van der Waals surface area contributed by atoms with Crippen LogP contribution in [0.1, 0.15) is 11.1 Å². The minimum Gasteiger partial charge on any atom is -0.489 e. The van der Waals surface area contributed by atoms with E-state index in [0.717, 1.165) is 22.6 Å². The molecule has 0 spiro atoms. The van der Waals surface area contributed by atoms with Gasteiger partial charge in [-0.25, -0.2) is 0 Å². The lowest BCUT2D eigenvalue weighted by Crippen LogP contribution is -2.04. The van der Waals surface area contributed by atoms with Gasteiger partial charge in [-0.2, -0.15) is 0 Å². The molecule has 3 rings (SSSR count). The monoisotopic (exact) mass is 425 g/mol. The molecule has 0 fully saturated rings. The molecule has 0 aliphatic rings. The van der Waals surface area contributed by atoms with Gasteiger partial charge in [0.2, 0.25) is 0 Å². The Morgan fingerprint density at radius 3 is 2.12 bits per heavy atom. The first kappa shape index (κ1) is 19.2. The quantitative estimate of drug-likeness (QED) is 0.440. The van der Waals surface area contributed by atoms with Gasteiger partial charge >= 0.3 is 0 Å². The predicted octanol–water partition coefficient (Wildman–Crippen LogP) is 7.49. The van der Waals surface area contributed by atoms with Crippen molar-refractivity contribution in [1.82, 2.24) is 0 Å². The van der Waals surface area contributed by atoms with Gasteiger partial charge in [-0.15, -0.1) is 0 Å². The van der Waals surface area contributed by atoms with E-state index in [2.05, 4.69) is 5.32 Å². The van der Waals surface area contributed by atoms with E-state index >= 15 is 0 Å². The zero-order chi connectivity index (χ0) is 18.5. The SMILES string of the molecule is Clc1ccc(COc2ccc(Cl)cc2CNc2ccc(Cl)cc2Cl)cc1. The number of nitrogens with one attached hydrogen (secondary N) is 1. The lowest BCUT2D eigenvalue weighted by Gasteiger charge is -2.14. The molecular weight excluding hydrogens is 412 g/mol. The molecule has 0 aliphatic heterocycles. The molecule has 2 nitrogen and oxygen atoms in total. The van der Waals surface area contributed by atoms with E-state index in [1.54, 1.807) is 18.2 Å². The van der Waals surface area contributed by atoms with Crippen molar-refractivity contribution < 1.29 is 4.74 Å². The van der Waals surface area contributed by atoms with Crippen molar-refractivity contribution in [3.63, 3.8) is 0 Å². The summed E-state index contributed by atoms with van der Waals surface area (Å²) in [7, 11) is 0. The van der Waals surface area contributed by atoms with Crippen molar-refractivity contribution >= 4 is 52.1 Å². The topological polar surface area (TPSA) is 21.3 Å². The summed E-state index contributed by atoms with van der Waals surface area (Å²) in [5, 5.41) is 5.77. The molecule has 0 radical (unpaired) electrons. The Balaban J connectivity index is 1.71. The van der Waals surface area contributed by atoms with E-state index in [4.69, 9.17) is 51.1 Å². The summed E-state index contributed by atoms with van der Waals surface area (Å²) in [5.41, 5.74) is 2.75. The minimum atomic E-state index is 0.438. The molecule has 3 aromatic rings. The van der Waals surface area contributed by atoms with Crippen LogP contribution in [-0.4, -0.2) is 0 Å². The number of hydrogen-bond donors (Lipinski definition) is 1. The molecule has 26 heavy (non-hydrogen) atoms. The number of halogens is 4. The van der Waals surface area contributed by atoms with Gasteiger partial charge in [0.05, 0.1) is 10.7 Å². The fraction of sp³-hybridized carbons (Fsp3) is 0.100. The second-order valence-corrected chi connectivity index (χ2v) is 7.36. The Morgan fingerprint density at radius 2 is 1.38 bits per heavy atom. The van der Waals surface area contributed by atoms with Crippen LogP contribution in [-0.2, 0) is 13.2 Å². The van der Waals surface area contributed by atoms with Gasteiger partial charge in [0.1, 0.15) is 12.4 Å². The third-order valence-electron chi connectivity index (χ3n) is 3.73. The van der Waals surface area contributed by atoms with Gasteiger partial charge in [-0.3, -0.25) is 0 Å². The van der Waals surface area contributed by atoms with E-state index in [0.29, 0.717) is 33.2 Å². The van der Waals surface area contributed by atoms with Gasteiger partial charge < -0.3 is 10.1 Å². The maximum atomic E-state index is 6.21. The van der Waals surface area contributed by atoms with Crippen molar-refractivity contribution in [1.29, 1.82) is 0 Å². The fourth-order valence-electron chi connectivity index (χ4n) is 2.39. The molecule has 0 saturated carbocycles. The first-order chi connectivity index (χ1) is 12.5. The highest BCUT2D eigenvalue weighted by atomic mass is 35.5. The third-order valence-corrected chi connectivity index (χ3v) is 4.77. The minimum absolute atomic E-state index is 0.438. The third kappa shape index (κ3) is 5.21. The Labute approximate surface area is 172 Å². The molecule has 0 aliphatic carbocycles. The molecule has 0 heterocycles. The molecule has 0 bridgehead atoms. The smallest absolute Gasteiger partial charge is 0.124 e. The van der Waals surface area contributed by atoms with E-state index < -0.39 is 0 Å². The van der Waals surface area contributed by atoms with Gasteiger partial charge in [-0.05, 0) is 54.1 Å². The van der Waals surface area contributed by atoms with Gasteiger partial charge in [0, 0.05) is 27.2 Å². The summed E-state index contributed by atoms with van der Waals surface area (Å²) in [6.45, 7) is 0.950. The van der Waals surface area contributed by atoms with E-state index in [1.165, 1.54) is 0 Å². The number of rotatable bonds is 6. The number of benzene rings is 3. The van der Waals surface area contributed by atoms with Crippen molar-refractivity contribution in [2.75, 3.05) is 5.32 Å². The summed E-state index contributed by atoms with van der Waals surface area (Å²) in [5.74, 6) is 0.752. The second kappa shape index (κ2) is 8.88. The first-order valence-electron chi connectivity index (χ1n) is 7.86. The maximum absolute atomic E-state index is 6.21. The van der Waals surface area contributed by atoms with Crippen LogP contribution in [0.2, 0.25) is 20.1 Å². The van der Waals surface area contributed by atoms with Crippen LogP contribution in [0.4, 0.5) is 5.69 Å². The van der Waals surface area contributed by atoms with Crippen LogP contribution >= 0.6 is 46.4 Å². The Morgan fingerprint density at radius 1 is 0.731 bits per heavy atom. The number of ether oxygens (including phenoxy) is 1. The maximum Gasteiger partial charge on any atom is 0.124 e. The zero-order valence-electron chi connectivity index (χ0n) is 13.6. The van der Waals surface area contributed by atoms with Crippen LogP contribution in [0.25, 0.3) is 0 Å². The molecule has 1 N–H and O–H groups in total. The van der Waals surface area contributed by atoms with Gasteiger partial charge in [-0.1, -0.05) is 58.5 Å². The normalized spacial score (nSPS) is 10.6. The standard InChI is InChI=1S/C20H15Cl4NO/c21-15-3-1-13(2-4-15)12-26-20-8-6-16(22)9-14(20)11-25-19-7-5-17(23)10-18(19)24/h1-10,25H,11-12H2. The van der Waals surface area contributed by atoms with Crippen molar-refractivity contribution in [2.24, 2.45) is 0 Å². The van der Waals surface area contributed by atoms with E-state index in [9.17, 15) is 0 Å². The molecule has 0 atom stereocenters. The molecule has 0 amide bonds. The van der Waals surface area contributed by atoms with Crippen LogP contribution in [0.15, 0.2) is 60.7 Å². The predicted molar refractivity (Wildman–Crippen MR) is 111 cm³/mol. The van der Waals surface area contributed by atoms with Crippen LogP contribution in [0.5, 0.6) is 5.75 Å². The fourth-order valence-corrected chi connectivity index (χ4v) is 3.19. The summed E-state index contributed by atoms with van der Waals surface area (Å²) >= 11 is 24.2. The highest BCUT2D eigenvalue weighted by Crippen LogP contribution is 2.28. The van der Waals surface area contributed by atoms with Gasteiger partial charge in [0.25, 0.3) is 0 Å². The van der Waals surface area contributed by atoms with E-state index in [-0.39, 0.29) is 0 Å². The molecular formula is C20H15Cl4NO. The molecule has 6 heteroatoms. The summed E-state index contributed by atoms with van der Waals surface area (Å²) < 4.78 is 5.96. The number of hydrogen-bond acceptors (Lipinski definition) is 2.